The molecule has 0 aliphatic carbocycles. The van der Waals surface area contributed by atoms with E-state index in [1.807, 2.05) is 6.92 Å². The molecule has 0 aliphatic rings. The number of nitrogens with two attached hydrogens (primary N) is 1. The molecule has 3 N–H and O–H groups in total. The average molecular weight is 250 g/mol. The van der Waals surface area contributed by atoms with Crippen LogP contribution >= 0.6 is 0 Å². The lowest BCUT2D eigenvalue weighted by Gasteiger charge is -2.14. The van der Waals surface area contributed by atoms with E-state index in [0.29, 0.717) is 17.4 Å². The number of carbonyl (C=O) groups excluding carboxylic acids is 1. The van der Waals surface area contributed by atoms with Gasteiger partial charge in [0.15, 0.2) is 0 Å². The summed E-state index contributed by atoms with van der Waals surface area (Å²) in [6, 6.07) is 0.149. The van der Waals surface area contributed by atoms with Gasteiger partial charge in [-0.05, 0) is 19.3 Å². The summed E-state index contributed by atoms with van der Waals surface area (Å²) in [6.45, 7) is 6.41. The maximum absolute atomic E-state index is 11.8. The number of rotatable bonds is 6. The molecule has 100 valence electrons. The second kappa shape index (κ2) is 6.93. The number of carbonyl (C=O) groups is 1. The molecule has 1 unspecified atom stereocenters. The first kappa shape index (κ1) is 14.4. The third-order valence-corrected chi connectivity index (χ3v) is 2.70. The minimum absolute atomic E-state index is 0.149. The monoisotopic (exact) mass is 250 g/mol. The van der Waals surface area contributed by atoms with Gasteiger partial charge in [-0.2, -0.15) is 0 Å². The van der Waals surface area contributed by atoms with Crippen LogP contribution < -0.4 is 11.1 Å². The van der Waals surface area contributed by atoms with Crippen molar-refractivity contribution in [1.82, 2.24) is 15.3 Å². The SMILES string of the molecule is CC(C)CCCC(C)NC(=O)c1cnc(N)cn1. The molecule has 1 aromatic heterocycles. The molecule has 0 aliphatic heterocycles. The van der Waals surface area contributed by atoms with Gasteiger partial charge in [-0.1, -0.05) is 26.7 Å². The number of aromatic nitrogens is 2. The van der Waals surface area contributed by atoms with Crippen LogP contribution in [0, 0.1) is 5.92 Å². The van der Waals surface area contributed by atoms with Gasteiger partial charge in [0.25, 0.3) is 5.91 Å². The lowest BCUT2D eigenvalue weighted by atomic mass is 10.0. The second-order valence-corrected chi connectivity index (χ2v) is 5.03. The molecule has 0 saturated heterocycles. The average Bonchev–Trinajstić information content (AvgIpc) is 2.29. The second-order valence-electron chi connectivity index (χ2n) is 5.03. The van der Waals surface area contributed by atoms with E-state index < -0.39 is 0 Å². The standard InChI is InChI=1S/C13H22N4O/c1-9(2)5-4-6-10(3)17-13(18)11-7-16-12(14)8-15-11/h7-10H,4-6H2,1-3H3,(H2,14,16)(H,17,18). The highest BCUT2D eigenvalue weighted by molar-refractivity contribution is 5.92. The van der Waals surface area contributed by atoms with Crippen molar-refractivity contribution in [3.05, 3.63) is 18.1 Å². The van der Waals surface area contributed by atoms with Crippen molar-refractivity contribution in [2.24, 2.45) is 5.92 Å². The lowest BCUT2D eigenvalue weighted by Crippen LogP contribution is -2.33. The van der Waals surface area contributed by atoms with E-state index in [9.17, 15) is 4.79 Å². The van der Waals surface area contributed by atoms with Crippen molar-refractivity contribution in [2.45, 2.75) is 46.1 Å². The summed E-state index contributed by atoms with van der Waals surface area (Å²) in [6.07, 6.45) is 6.06. The summed E-state index contributed by atoms with van der Waals surface area (Å²) in [4.78, 5) is 19.6. The first-order valence-corrected chi connectivity index (χ1v) is 6.37. The van der Waals surface area contributed by atoms with Crippen molar-refractivity contribution in [3.8, 4) is 0 Å². The van der Waals surface area contributed by atoms with Gasteiger partial charge in [0, 0.05) is 6.04 Å². The minimum Gasteiger partial charge on any atom is -0.382 e. The number of hydrogen-bond acceptors (Lipinski definition) is 4. The zero-order valence-electron chi connectivity index (χ0n) is 11.3. The Hall–Kier alpha value is -1.65. The molecular weight excluding hydrogens is 228 g/mol. The zero-order valence-corrected chi connectivity index (χ0v) is 11.3. The third kappa shape index (κ3) is 5.12. The molecule has 0 fully saturated rings. The van der Waals surface area contributed by atoms with Crippen LogP contribution in [0.3, 0.4) is 0 Å². The largest absolute Gasteiger partial charge is 0.382 e. The molecule has 0 bridgehead atoms. The Kier molecular flexibility index (Phi) is 5.55. The Morgan fingerprint density at radius 2 is 2.00 bits per heavy atom. The van der Waals surface area contributed by atoms with Gasteiger partial charge < -0.3 is 11.1 Å². The summed E-state index contributed by atoms with van der Waals surface area (Å²) in [7, 11) is 0. The molecule has 1 heterocycles. The van der Waals surface area contributed by atoms with Crippen LogP contribution in [-0.4, -0.2) is 21.9 Å². The van der Waals surface area contributed by atoms with E-state index in [2.05, 4.69) is 29.1 Å². The molecule has 18 heavy (non-hydrogen) atoms. The van der Waals surface area contributed by atoms with Gasteiger partial charge in [0.05, 0.1) is 12.4 Å². The number of nitrogens with one attached hydrogen (secondary N) is 1. The normalized spacial score (nSPS) is 12.4. The van der Waals surface area contributed by atoms with E-state index in [-0.39, 0.29) is 11.9 Å². The number of anilines is 1. The first-order chi connectivity index (χ1) is 8.49. The van der Waals surface area contributed by atoms with E-state index in [4.69, 9.17) is 5.73 Å². The number of nitrogens with zero attached hydrogens (tertiary/aromatic N) is 2. The number of nitrogen functional groups attached to an aromatic ring is 1. The van der Waals surface area contributed by atoms with E-state index in [1.165, 1.54) is 18.8 Å². The van der Waals surface area contributed by atoms with Crippen molar-refractivity contribution < 1.29 is 4.79 Å². The van der Waals surface area contributed by atoms with E-state index in [0.717, 1.165) is 12.8 Å². The van der Waals surface area contributed by atoms with Crippen LogP contribution in [0.5, 0.6) is 0 Å². The highest BCUT2D eigenvalue weighted by Crippen LogP contribution is 2.08. The Morgan fingerprint density at radius 1 is 1.28 bits per heavy atom. The Morgan fingerprint density at radius 3 is 2.56 bits per heavy atom. The Bertz CT molecular complexity index is 375. The highest BCUT2D eigenvalue weighted by atomic mass is 16.1. The van der Waals surface area contributed by atoms with Crippen LogP contribution in [0.1, 0.15) is 50.5 Å². The summed E-state index contributed by atoms with van der Waals surface area (Å²) < 4.78 is 0. The molecule has 0 aromatic carbocycles. The molecule has 1 amide bonds. The van der Waals surface area contributed by atoms with Crippen LogP contribution in [0.25, 0.3) is 0 Å². The lowest BCUT2D eigenvalue weighted by molar-refractivity contribution is 0.0932. The molecule has 1 atom stereocenters. The van der Waals surface area contributed by atoms with Crippen LogP contribution in [0.4, 0.5) is 5.82 Å². The van der Waals surface area contributed by atoms with E-state index >= 15 is 0 Å². The number of hydrogen-bond donors (Lipinski definition) is 2. The smallest absolute Gasteiger partial charge is 0.271 e. The van der Waals surface area contributed by atoms with Crippen molar-refractivity contribution >= 4 is 11.7 Å². The fraction of sp³-hybridized carbons (Fsp3) is 0.615. The fourth-order valence-electron chi connectivity index (χ4n) is 1.66. The van der Waals surface area contributed by atoms with Crippen molar-refractivity contribution in [3.63, 3.8) is 0 Å². The maximum atomic E-state index is 11.8. The molecule has 0 spiro atoms. The van der Waals surface area contributed by atoms with Gasteiger partial charge >= 0.3 is 0 Å². The predicted molar refractivity (Wildman–Crippen MR) is 72.1 cm³/mol. The van der Waals surface area contributed by atoms with Crippen molar-refractivity contribution in [2.75, 3.05) is 5.73 Å². The topological polar surface area (TPSA) is 80.9 Å². The van der Waals surface area contributed by atoms with Crippen LogP contribution in [0.15, 0.2) is 12.4 Å². The van der Waals surface area contributed by atoms with Crippen LogP contribution in [0.2, 0.25) is 0 Å². The van der Waals surface area contributed by atoms with Gasteiger partial charge in [-0.15, -0.1) is 0 Å². The summed E-state index contributed by atoms with van der Waals surface area (Å²) in [5.41, 5.74) is 5.72. The first-order valence-electron chi connectivity index (χ1n) is 6.37. The minimum atomic E-state index is -0.195. The third-order valence-electron chi connectivity index (χ3n) is 2.70. The zero-order chi connectivity index (χ0) is 13.5. The van der Waals surface area contributed by atoms with Gasteiger partial charge in [0.2, 0.25) is 0 Å². The summed E-state index contributed by atoms with van der Waals surface area (Å²) in [5, 5.41) is 2.91. The molecule has 0 radical (unpaired) electrons. The molecular formula is C13H22N4O. The summed E-state index contributed by atoms with van der Waals surface area (Å²) in [5.74, 6) is 0.826. The molecule has 1 rings (SSSR count). The molecule has 5 nitrogen and oxygen atoms in total. The summed E-state index contributed by atoms with van der Waals surface area (Å²) >= 11 is 0. The van der Waals surface area contributed by atoms with Gasteiger partial charge in [-0.3, -0.25) is 4.79 Å². The Balaban J connectivity index is 2.37. The predicted octanol–water partition coefficient (Wildman–Crippen LogP) is 2.00. The molecule has 0 saturated carbocycles. The van der Waals surface area contributed by atoms with Crippen LogP contribution in [-0.2, 0) is 0 Å². The van der Waals surface area contributed by atoms with Crippen molar-refractivity contribution in [1.29, 1.82) is 0 Å². The quantitative estimate of drug-likeness (QED) is 0.809. The molecule has 1 aromatic rings. The van der Waals surface area contributed by atoms with Gasteiger partial charge in [0.1, 0.15) is 11.5 Å². The highest BCUT2D eigenvalue weighted by Gasteiger charge is 2.11. The Labute approximate surface area is 108 Å². The maximum Gasteiger partial charge on any atom is 0.271 e. The number of amides is 1. The fourth-order valence-corrected chi connectivity index (χ4v) is 1.66. The van der Waals surface area contributed by atoms with Gasteiger partial charge in [-0.25, -0.2) is 9.97 Å². The van der Waals surface area contributed by atoms with E-state index in [1.54, 1.807) is 0 Å². The molecule has 5 heteroatoms.